The van der Waals surface area contributed by atoms with Gasteiger partial charge in [-0.25, -0.2) is 0 Å². The first-order valence-corrected chi connectivity index (χ1v) is 7.67. The molecule has 1 aliphatic rings. The van der Waals surface area contributed by atoms with Gasteiger partial charge in [-0.2, -0.15) is 0 Å². The lowest BCUT2D eigenvalue weighted by molar-refractivity contribution is -0.110. The number of fused-ring (bicyclic) bond motifs is 1. The number of hydrogen-bond acceptors (Lipinski definition) is 1. The fourth-order valence-corrected chi connectivity index (χ4v) is 2.66. The fraction of sp³-hybridized carbons (Fsp3) is 0. The first-order chi connectivity index (χ1) is 11.8. The minimum atomic E-state index is -0.0900. The molecule has 3 aromatic rings. The van der Waals surface area contributed by atoms with Crippen LogP contribution in [-0.2, 0) is 4.79 Å². The van der Waals surface area contributed by atoms with Crippen LogP contribution in [0.15, 0.2) is 66.9 Å². The summed E-state index contributed by atoms with van der Waals surface area (Å²) in [5.41, 5.74) is 5.10. The van der Waals surface area contributed by atoms with Gasteiger partial charge in [0.15, 0.2) is 0 Å². The average molecular weight is 310 g/mol. The van der Waals surface area contributed by atoms with Gasteiger partial charge in [0.2, 0.25) is 0 Å². The number of nitrogens with one attached hydrogen (secondary N) is 2. The molecule has 24 heavy (non-hydrogen) atoms. The van der Waals surface area contributed by atoms with E-state index < -0.39 is 0 Å². The maximum absolute atomic E-state index is 12.2. The van der Waals surface area contributed by atoms with Gasteiger partial charge >= 0.3 is 0 Å². The molecule has 0 saturated heterocycles. The number of aromatic amines is 1. The highest BCUT2D eigenvalue weighted by atomic mass is 16.2. The lowest BCUT2D eigenvalue weighted by atomic mass is 10.0. The van der Waals surface area contributed by atoms with Gasteiger partial charge in [-0.1, -0.05) is 30.0 Å². The number of amides is 1. The van der Waals surface area contributed by atoms with E-state index in [0.29, 0.717) is 5.57 Å². The van der Waals surface area contributed by atoms with E-state index in [-0.39, 0.29) is 5.91 Å². The summed E-state index contributed by atoms with van der Waals surface area (Å²) in [6.45, 7) is 0. The molecule has 0 spiro atoms. The highest BCUT2D eigenvalue weighted by Crippen LogP contribution is 2.33. The molecule has 3 heteroatoms. The van der Waals surface area contributed by atoms with Crippen molar-refractivity contribution in [3.8, 4) is 11.8 Å². The Morgan fingerprint density at radius 3 is 2.50 bits per heavy atom. The maximum atomic E-state index is 12.2. The number of carbonyl (C=O) groups is 1. The molecule has 114 valence electrons. The predicted molar refractivity (Wildman–Crippen MR) is 96.2 cm³/mol. The van der Waals surface area contributed by atoms with Gasteiger partial charge in [0, 0.05) is 34.3 Å². The van der Waals surface area contributed by atoms with Gasteiger partial charge in [-0.3, -0.25) is 4.79 Å². The number of aromatic nitrogens is 1. The highest BCUT2D eigenvalue weighted by Gasteiger charge is 2.24. The van der Waals surface area contributed by atoms with Crippen LogP contribution in [0, 0.1) is 11.8 Å². The Hall–Kier alpha value is -3.51. The van der Waals surface area contributed by atoms with E-state index >= 15 is 0 Å². The monoisotopic (exact) mass is 310 g/mol. The smallest absolute Gasteiger partial charge is 0.256 e. The molecular weight excluding hydrogens is 296 g/mol. The molecule has 0 unspecified atom stereocenters. The summed E-state index contributed by atoms with van der Waals surface area (Å²) in [5, 5.41) is 2.89. The zero-order valence-corrected chi connectivity index (χ0v) is 12.8. The van der Waals surface area contributed by atoms with Crippen LogP contribution in [-0.4, -0.2) is 10.9 Å². The molecular formula is C21H14N2O. The molecule has 2 aromatic carbocycles. The van der Waals surface area contributed by atoms with Crippen LogP contribution in [0.4, 0.5) is 5.69 Å². The van der Waals surface area contributed by atoms with E-state index in [9.17, 15) is 4.79 Å². The van der Waals surface area contributed by atoms with Gasteiger partial charge in [0.05, 0.1) is 5.57 Å². The molecule has 3 nitrogen and oxygen atoms in total. The van der Waals surface area contributed by atoms with Crippen LogP contribution in [0.25, 0.3) is 11.6 Å². The summed E-state index contributed by atoms with van der Waals surface area (Å²) in [6.07, 6.45) is 3.69. The normalized spacial score (nSPS) is 14.0. The van der Waals surface area contributed by atoms with Crippen LogP contribution >= 0.6 is 0 Å². The number of rotatable bonds is 1. The minimum Gasteiger partial charge on any atom is -0.362 e. The number of anilines is 1. The predicted octanol–water partition coefficient (Wildman–Crippen LogP) is 3.91. The lowest BCUT2D eigenvalue weighted by Crippen LogP contribution is -2.03. The topological polar surface area (TPSA) is 44.9 Å². The van der Waals surface area contributed by atoms with E-state index in [1.54, 1.807) is 0 Å². The second-order valence-corrected chi connectivity index (χ2v) is 5.51. The molecule has 1 aliphatic heterocycles. The Labute approximate surface area is 140 Å². The van der Waals surface area contributed by atoms with Crippen molar-refractivity contribution in [2.45, 2.75) is 0 Å². The van der Waals surface area contributed by atoms with E-state index in [2.05, 4.69) is 22.1 Å². The summed E-state index contributed by atoms with van der Waals surface area (Å²) < 4.78 is 0. The zero-order chi connectivity index (χ0) is 16.4. The number of H-pyrrole nitrogens is 1. The van der Waals surface area contributed by atoms with Gasteiger partial charge in [-0.05, 0) is 48.5 Å². The Morgan fingerprint density at radius 2 is 1.71 bits per heavy atom. The van der Waals surface area contributed by atoms with Crippen molar-refractivity contribution in [2.75, 3.05) is 5.32 Å². The van der Waals surface area contributed by atoms with Crippen molar-refractivity contribution in [2.24, 2.45) is 0 Å². The Bertz CT molecular complexity index is 987. The second kappa shape index (κ2) is 5.94. The standard InChI is InChI=1S/C21H14N2O/c24-21-19(14-17-7-4-12-22-17)18-13-16(10-11-20(18)23-21)9-8-15-5-2-1-3-6-15/h1-7,10-14,22H,(H,23,24)/b19-14-. The summed E-state index contributed by atoms with van der Waals surface area (Å²) in [4.78, 5) is 15.3. The first-order valence-electron chi connectivity index (χ1n) is 7.67. The van der Waals surface area contributed by atoms with Gasteiger partial charge in [0.1, 0.15) is 0 Å². The zero-order valence-electron chi connectivity index (χ0n) is 12.8. The summed E-state index contributed by atoms with van der Waals surface area (Å²) in [7, 11) is 0. The Morgan fingerprint density at radius 1 is 0.875 bits per heavy atom. The minimum absolute atomic E-state index is 0.0900. The van der Waals surface area contributed by atoms with Crippen LogP contribution in [0.5, 0.6) is 0 Å². The summed E-state index contributed by atoms with van der Waals surface area (Å²) in [5.74, 6) is 6.21. The van der Waals surface area contributed by atoms with Crippen molar-refractivity contribution < 1.29 is 4.79 Å². The molecule has 0 saturated carbocycles. The van der Waals surface area contributed by atoms with Crippen LogP contribution < -0.4 is 5.32 Å². The third kappa shape index (κ3) is 2.73. The molecule has 4 rings (SSSR count). The van der Waals surface area contributed by atoms with E-state index in [0.717, 1.165) is 28.1 Å². The van der Waals surface area contributed by atoms with Crippen LogP contribution in [0.2, 0.25) is 0 Å². The number of hydrogen-bond donors (Lipinski definition) is 2. The Kier molecular flexibility index (Phi) is 3.49. The van der Waals surface area contributed by atoms with Gasteiger partial charge in [0.25, 0.3) is 5.91 Å². The first kappa shape index (κ1) is 14.1. The van der Waals surface area contributed by atoms with Crippen LogP contribution in [0.1, 0.15) is 22.4 Å². The maximum Gasteiger partial charge on any atom is 0.256 e. The van der Waals surface area contributed by atoms with Crippen molar-refractivity contribution in [3.63, 3.8) is 0 Å². The largest absolute Gasteiger partial charge is 0.362 e. The fourth-order valence-electron chi connectivity index (χ4n) is 2.66. The lowest BCUT2D eigenvalue weighted by Gasteiger charge is -1.99. The molecule has 0 radical (unpaired) electrons. The summed E-state index contributed by atoms with van der Waals surface area (Å²) >= 11 is 0. The molecule has 0 aliphatic carbocycles. The molecule has 1 aromatic heterocycles. The van der Waals surface area contributed by atoms with Crippen molar-refractivity contribution in [1.29, 1.82) is 0 Å². The number of benzene rings is 2. The average Bonchev–Trinajstić information content (AvgIpc) is 3.23. The third-order valence-electron chi connectivity index (χ3n) is 3.85. The van der Waals surface area contributed by atoms with Crippen molar-refractivity contribution in [3.05, 3.63) is 89.2 Å². The summed E-state index contributed by atoms with van der Waals surface area (Å²) in [6, 6.07) is 19.5. The molecule has 0 fully saturated rings. The second-order valence-electron chi connectivity index (χ2n) is 5.51. The van der Waals surface area contributed by atoms with Gasteiger partial charge < -0.3 is 10.3 Å². The molecule has 0 atom stereocenters. The molecule has 2 N–H and O–H groups in total. The molecule has 0 bridgehead atoms. The van der Waals surface area contributed by atoms with Crippen LogP contribution in [0.3, 0.4) is 0 Å². The van der Waals surface area contributed by atoms with E-state index in [1.165, 1.54) is 0 Å². The van der Waals surface area contributed by atoms with Crippen molar-refractivity contribution >= 4 is 23.2 Å². The van der Waals surface area contributed by atoms with Gasteiger partial charge in [-0.15, -0.1) is 0 Å². The number of carbonyl (C=O) groups excluding carboxylic acids is 1. The highest BCUT2D eigenvalue weighted by molar-refractivity contribution is 6.34. The van der Waals surface area contributed by atoms with E-state index in [1.807, 2.05) is 72.9 Å². The van der Waals surface area contributed by atoms with Crippen molar-refractivity contribution in [1.82, 2.24) is 4.98 Å². The SMILES string of the molecule is O=C1Nc2ccc(C#Cc3ccccc3)cc2/C1=C/c1ccc[nH]1. The Balaban J connectivity index is 1.72. The molecule has 1 amide bonds. The third-order valence-corrected chi connectivity index (χ3v) is 3.85. The molecule has 2 heterocycles. The quantitative estimate of drug-likeness (QED) is 0.519. The van der Waals surface area contributed by atoms with E-state index in [4.69, 9.17) is 0 Å².